The molecule has 1 aromatic carbocycles. The fourth-order valence-electron chi connectivity index (χ4n) is 3.02. The lowest BCUT2D eigenvalue weighted by atomic mass is 9.95. The van der Waals surface area contributed by atoms with Gasteiger partial charge in [-0.25, -0.2) is 9.78 Å². The van der Waals surface area contributed by atoms with Crippen LogP contribution in [0, 0.1) is 0 Å². The molecule has 1 aromatic heterocycles. The summed E-state index contributed by atoms with van der Waals surface area (Å²) in [6.45, 7) is 2.21. The Morgan fingerprint density at radius 2 is 2.15 bits per heavy atom. The van der Waals surface area contributed by atoms with Gasteiger partial charge in [0.25, 0.3) is 0 Å². The minimum atomic E-state index is -0.276. The molecule has 0 spiro atoms. The van der Waals surface area contributed by atoms with Gasteiger partial charge in [-0.05, 0) is 38.0 Å². The lowest BCUT2D eigenvalue weighted by molar-refractivity contribution is 0.0526. The fourth-order valence-corrected chi connectivity index (χ4v) is 3.02. The standard InChI is InChI=1S/C16H20N2O2/c1-2-20-16(19)12-8-9-15-14(10-12)17-11-18(15)13-6-4-3-5-7-13/h8-11,13H,2-7H2,1H3. The number of carbonyl (C=O) groups excluding carboxylic acids is 1. The van der Waals surface area contributed by atoms with Crippen molar-refractivity contribution in [2.45, 2.75) is 45.1 Å². The third kappa shape index (κ3) is 2.42. The number of imidazole rings is 1. The number of rotatable bonds is 3. The van der Waals surface area contributed by atoms with Crippen LogP contribution < -0.4 is 0 Å². The van der Waals surface area contributed by atoms with Crippen LogP contribution in [0.25, 0.3) is 11.0 Å². The maximum absolute atomic E-state index is 11.7. The number of carbonyl (C=O) groups is 1. The van der Waals surface area contributed by atoms with Gasteiger partial charge in [0.2, 0.25) is 0 Å². The van der Waals surface area contributed by atoms with Crippen molar-refractivity contribution in [3.63, 3.8) is 0 Å². The monoisotopic (exact) mass is 272 g/mol. The molecule has 106 valence electrons. The number of ether oxygens (including phenoxy) is 1. The van der Waals surface area contributed by atoms with Gasteiger partial charge in [-0.1, -0.05) is 19.3 Å². The highest BCUT2D eigenvalue weighted by Crippen LogP contribution is 2.30. The van der Waals surface area contributed by atoms with Crippen LogP contribution in [0.15, 0.2) is 24.5 Å². The molecule has 1 heterocycles. The molecule has 1 saturated carbocycles. The molecule has 0 unspecified atom stereocenters. The Kier molecular flexibility index (Phi) is 3.72. The third-order valence-electron chi connectivity index (χ3n) is 4.05. The van der Waals surface area contributed by atoms with Crippen molar-refractivity contribution in [2.24, 2.45) is 0 Å². The molecule has 0 atom stereocenters. The van der Waals surface area contributed by atoms with Crippen LogP contribution in [0.2, 0.25) is 0 Å². The first-order valence-electron chi connectivity index (χ1n) is 7.43. The number of benzene rings is 1. The molecule has 1 fully saturated rings. The molecule has 1 aliphatic carbocycles. The van der Waals surface area contributed by atoms with Crippen LogP contribution >= 0.6 is 0 Å². The molecule has 1 aliphatic rings. The van der Waals surface area contributed by atoms with Gasteiger partial charge >= 0.3 is 5.97 Å². The first kappa shape index (κ1) is 13.2. The Labute approximate surface area is 118 Å². The zero-order chi connectivity index (χ0) is 13.9. The number of nitrogens with zero attached hydrogens (tertiary/aromatic N) is 2. The van der Waals surface area contributed by atoms with Gasteiger partial charge in [0.05, 0.1) is 29.5 Å². The molecule has 0 bridgehead atoms. The van der Waals surface area contributed by atoms with E-state index in [0.717, 1.165) is 11.0 Å². The lowest BCUT2D eigenvalue weighted by Gasteiger charge is -2.23. The van der Waals surface area contributed by atoms with Crippen LogP contribution in [0.5, 0.6) is 0 Å². The van der Waals surface area contributed by atoms with Gasteiger partial charge in [0.15, 0.2) is 0 Å². The Bertz CT molecular complexity index is 612. The Balaban J connectivity index is 1.91. The minimum Gasteiger partial charge on any atom is -0.462 e. The smallest absolute Gasteiger partial charge is 0.338 e. The van der Waals surface area contributed by atoms with Gasteiger partial charge in [0, 0.05) is 6.04 Å². The van der Waals surface area contributed by atoms with E-state index in [0.29, 0.717) is 18.2 Å². The Morgan fingerprint density at radius 1 is 1.35 bits per heavy atom. The molecular weight excluding hydrogens is 252 g/mol. The van der Waals surface area contributed by atoms with Crippen molar-refractivity contribution in [2.75, 3.05) is 6.61 Å². The first-order chi connectivity index (χ1) is 9.79. The van der Waals surface area contributed by atoms with Gasteiger partial charge in [-0.3, -0.25) is 0 Å². The zero-order valence-electron chi connectivity index (χ0n) is 11.8. The third-order valence-corrected chi connectivity index (χ3v) is 4.05. The molecule has 0 N–H and O–H groups in total. The van der Waals surface area contributed by atoms with E-state index in [-0.39, 0.29) is 5.97 Å². The summed E-state index contributed by atoms with van der Waals surface area (Å²) < 4.78 is 7.29. The van der Waals surface area contributed by atoms with Crippen molar-refractivity contribution in [3.05, 3.63) is 30.1 Å². The molecule has 0 saturated heterocycles. The SMILES string of the molecule is CCOC(=O)c1ccc2c(c1)ncn2C1CCCCC1. The topological polar surface area (TPSA) is 44.1 Å². The lowest BCUT2D eigenvalue weighted by Crippen LogP contribution is -2.11. The summed E-state index contributed by atoms with van der Waals surface area (Å²) in [5.74, 6) is -0.276. The molecule has 4 heteroatoms. The largest absolute Gasteiger partial charge is 0.462 e. The van der Waals surface area contributed by atoms with Gasteiger partial charge in [-0.15, -0.1) is 0 Å². The molecule has 20 heavy (non-hydrogen) atoms. The van der Waals surface area contributed by atoms with E-state index in [9.17, 15) is 4.79 Å². The average Bonchev–Trinajstić information content (AvgIpc) is 2.91. The molecule has 0 radical (unpaired) electrons. The maximum Gasteiger partial charge on any atom is 0.338 e. The van der Waals surface area contributed by atoms with Crippen molar-refractivity contribution < 1.29 is 9.53 Å². The maximum atomic E-state index is 11.7. The van der Waals surface area contributed by atoms with E-state index < -0.39 is 0 Å². The van der Waals surface area contributed by atoms with E-state index in [2.05, 4.69) is 9.55 Å². The quantitative estimate of drug-likeness (QED) is 0.800. The van der Waals surface area contributed by atoms with Crippen molar-refractivity contribution in [1.29, 1.82) is 0 Å². The summed E-state index contributed by atoms with van der Waals surface area (Å²) in [6.07, 6.45) is 8.30. The number of hydrogen-bond donors (Lipinski definition) is 0. The molecule has 0 aliphatic heterocycles. The van der Waals surface area contributed by atoms with Crippen LogP contribution in [0.1, 0.15) is 55.4 Å². The predicted molar refractivity (Wildman–Crippen MR) is 77.8 cm³/mol. The van der Waals surface area contributed by atoms with Crippen LogP contribution in [0.3, 0.4) is 0 Å². The van der Waals surface area contributed by atoms with E-state index in [4.69, 9.17) is 4.74 Å². The second kappa shape index (κ2) is 5.65. The Morgan fingerprint density at radius 3 is 2.90 bits per heavy atom. The highest BCUT2D eigenvalue weighted by atomic mass is 16.5. The van der Waals surface area contributed by atoms with E-state index in [1.165, 1.54) is 32.1 Å². The summed E-state index contributed by atoms with van der Waals surface area (Å²) in [7, 11) is 0. The second-order valence-electron chi connectivity index (χ2n) is 5.37. The predicted octanol–water partition coefficient (Wildman–Crippen LogP) is 3.72. The first-order valence-corrected chi connectivity index (χ1v) is 7.43. The van der Waals surface area contributed by atoms with Gasteiger partial charge in [-0.2, -0.15) is 0 Å². The molecule has 2 aromatic rings. The number of aromatic nitrogens is 2. The fraction of sp³-hybridized carbons (Fsp3) is 0.500. The molecular formula is C16H20N2O2. The summed E-state index contributed by atoms with van der Waals surface area (Å²) >= 11 is 0. The summed E-state index contributed by atoms with van der Waals surface area (Å²) in [5, 5.41) is 0. The van der Waals surface area contributed by atoms with Crippen molar-refractivity contribution >= 4 is 17.0 Å². The van der Waals surface area contributed by atoms with Crippen LogP contribution in [-0.4, -0.2) is 22.1 Å². The summed E-state index contributed by atoms with van der Waals surface area (Å²) in [4.78, 5) is 16.2. The number of fused-ring (bicyclic) bond motifs is 1. The summed E-state index contributed by atoms with van der Waals surface area (Å²) in [5.41, 5.74) is 2.57. The van der Waals surface area contributed by atoms with Crippen LogP contribution in [-0.2, 0) is 4.74 Å². The summed E-state index contributed by atoms with van der Waals surface area (Å²) in [6, 6.07) is 6.21. The van der Waals surface area contributed by atoms with E-state index in [1.807, 2.05) is 31.5 Å². The Hall–Kier alpha value is -1.84. The van der Waals surface area contributed by atoms with Crippen molar-refractivity contribution in [3.8, 4) is 0 Å². The average molecular weight is 272 g/mol. The highest BCUT2D eigenvalue weighted by Gasteiger charge is 2.18. The van der Waals surface area contributed by atoms with Crippen LogP contribution in [0.4, 0.5) is 0 Å². The molecule has 0 amide bonds. The molecule has 3 rings (SSSR count). The molecule has 4 nitrogen and oxygen atoms in total. The zero-order valence-corrected chi connectivity index (χ0v) is 11.8. The highest BCUT2D eigenvalue weighted by molar-refractivity contribution is 5.93. The number of hydrogen-bond acceptors (Lipinski definition) is 3. The van der Waals surface area contributed by atoms with E-state index >= 15 is 0 Å². The second-order valence-corrected chi connectivity index (χ2v) is 5.37. The minimum absolute atomic E-state index is 0.276. The normalized spacial score (nSPS) is 16.4. The van der Waals surface area contributed by atoms with Gasteiger partial charge in [0.1, 0.15) is 0 Å². The van der Waals surface area contributed by atoms with Gasteiger partial charge < -0.3 is 9.30 Å². The number of esters is 1. The van der Waals surface area contributed by atoms with Crippen molar-refractivity contribution in [1.82, 2.24) is 9.55 Å². The van der Waals surface area contributed by atoms with E-state index in [1.54, 1.807) is 0 Å².